The van der Waals surface area contributed by atoms with Crippen LogP contribution in [0.5, 0.6) is 5.75 Å². The van der Waals surface area contributed by atoms with Gasteiger partial charge in [0.05, 0.1) is 18.8 Å². The maximum Gasteiger partial charge on any atom is 0.222 e. The SMILES string of the molecule is COc1ccc(Cl)cc1NCCC(=O)NC1CNNC1C. The Morgan fingerprint density at radius 1 is 1.52 bits per heavy atom. The van der Waals surface area contributed by atoms with Gasteiger partial charge in [-0.1, -0.05) is 11.6 Å². The molecule has 4 N–H and O–H groups in total. The van der Waals surface area contributed by atoms with E-state index in [1.54, 1.807) is 25.3 Å². The van der Waals surface area contributed by atoms with E-state index in [1.165, 1.54) is 0 Å². The van der Waals surface area contributed by atoms with Crippen molar-refractivity contribution in [3.05, 3.63) is 23.2 Å². The lowest BCUT2D eigenvalue weighted by Gasteiger charge is -2.16. The van der Waals surface area contributed by atoms with Gasteiger partial charge in [0.1, 0.15) is 5.75 Å². The summed E-state index contributed by atoms with van der Waals surface area (Å²) in [6.07, 6.45) is 0.388. The zero-order valence-electron chi connectivity index (χ0n) is 12.2. The normalized spacial score (nSPS) is 21.1. The van der Waals surface area contributed by atoms with Crippen LogP contribution in [0.25, 0.3) is 0 Å². The molecule has 1 aliphatic rings. The third-order valence-electron chi connectivity index (χ3n) is 3.43. The fourth-order valence-corrected chi connectivity index (χ4v) is 2.36. The molecular formula is C14H21ClN4O2. The number of halogens is 1. The maximum absolute atomic E-state index is 11.9. The van der Waals surface area contributed by atoms with Gasteiger partial charge in [-0.05, 0) is 25.1 Å². The van der Waals surface area contributed by atoms with Crippen LogP contribution in [0.1, 0.15) is 13.3 Å². The molecule has 1 aromatic carbocycles. The Hall–Kier alpha value is -1.50. The summed E-state index contributed by atoms with van der Waals surface area (Å²) in [5.74, 6) is 0.725. The van der Waals surface area contributed by atoms with Gasteiger partial charge in [0.15, 0.2) is 0 Å². The number of benzene rings is 1. The van der Waals surface area contributed by atoms with Crippen LogP contribution in [0.2, 0.25) is 5.02 Å². The highest BCUT2D eigenvalue weighted by Crippen LogP contribution is 2.27. The number of methoxy groups -OCH3 is 1. The summed E-state index contributed by atoms with van der Waals surface area (Å²) in [5, 5.41) is 6.79. The monoisotopic (exact) mass is 312 g/mol. The van der Waals surface area contributed by atoms with Crippen LogP contribution < -0.4 is 26.2 Å². The molecule has 0 aromatic heterocycles. The lowest BCUT2D eigenvalue weighted by molar-refractivity contribution is -0.121. The van der Waals surface area contributed by atoms with Crippen LogP contribution in [-0.2, 0) is 4.79 Å². The van der Waals surface area contributed by atoms with Gasteiger partial charge in [0, 0.05) is 30.6 Å². The molecular weight excluding hydrogens is 292 g/mol. The molecule has 7 heteroatoms. The molecule has 1 amide bonds. The highest BCUT2D eigenvalue weighted by molar-refractivity contribution is 6.30. The number of hydrazine groups is 1. The number of carbonyl (C=O) groups is 1. The average molecular weight is 313 g/mol. The van der Waals surface area contributed by atoms with Crippen molar-refractivity contribution in [2.45, 2.75) is 25.4 Å². The van der Waals surface area contributed by atoms with Gasteiger partial charge < -0.3 is 15.4 Å². The number of ether oxygens (including phenoxy) is 1. The Morgan fingerprint density at radius 2 is 2.33 bits per heavy atom. The first-order valence-corrected chi connectivity index (χ1v) is 7.33. The second-order valence-electron chi connectivity index (χ2n) is 5.01. The van der Waals surface area contributed by atoms with Crippen molar-refractivity contribution in [2.75, 3.05) is 25.5 Å². The number of rotatable bonds is 6. The van der Waals surface area contributed by atoms with Gasteiger partial charge in [0.25, 0.3) is 0 Å². The van der Waals surface area contributed by atoms with E-state index in [9.17, 15) is 4.79 Å². The van der Waals surface area contributed by atoms with Crippen molar-refractivity contribution < 1.29 is 9.53 Å². The molecule has 2 unspecified atom stereocenters. The van der Waals surface area contributed by atoms with Crippen molar-refractivity contribution >= 4 is 23.2 Å². The summed E-state index contributed by atoms with van der Waals surface area (Å²) >= 11 is 5.96. The molecule has 0 saturated carbocycles. The molecule has 116 valence electrons. The molecule has 0 bridgehead atoms. The lowest BCUT2D eigenvalue weighted by Crippen LogP contribution is -2.43. The summed E-state index contributed by atoms with van der Waals surface area (Å²) in [5.41, 5.74) is 6.87. The van der Waals surface area contributed by atoms with Gasteiger partial charge in [-0.2, -0.15) is 0 Å². The fourth-order valence-electron chi connectivity index (χ4n) is 2.19. The first-order chi connectivity index (χ1) is 10.1. The van der Waals surface area contributed by atoms with E-state index in [2.05, 4.69) is 21.5 Å². The molecule has 0 aliphatic carbocycles. The number of nitrogens with one attached hydrogen (secondary N) is 4. The third kappa shape index (κ3) is 4.49. The van der Waals surface area contributed by atoms with Crippen LogP contribution in [0, 0.1) is 0 Å². The van der Waals surface area contributed by atoms with E-state index < -0.39 is 0 Å². The second kappa shape index (κ2) is 7.49. The van der Waals surface area contributed by atoms with Crippen molar-refractivity contribution in [1.82, 2.24) is 16.2 Å². The van der Waals surface area contributed by atoms with Crippen molar-refractivity contribution in [3.63, 3.8) is 0 Å². The quantitative estimate of drug-likeness (QED) is 0.634. The van der Waals surface area contributed by atoms with Crippen LogP contribution in [0.4, 0.5) is 5.69 Å². The molecule has 0 spiro atoms. The molecule has 21 heavy (non-hydrogen) atoms. The highest BCUT2D eigenvalue weighted by Gasteiger charge is 2.23. The van der Waals surface area contributed by atoms with Crippen molar-refractivity contribution in [1.29, 1.82) is 0 Å². The largest absolute Gasteiger partial charge is 0.495 e. The minimum atomic E-state index is 0.0193. The average Bonchev–Trinajstić information content (AvgIpc) is 2.84. The molecule has 2 rings (SSSR count). The smallest absolute Gasteiger partial charge is 0.222 e. The Labute approximate surface area is 129 Å². The number of hydrogen-bond donors (Lipinski definition) is 4. The van der Waals surface area contributed by atoms with E-state index in [0.29, 0.717) is 23.7 Å². The van der Waals surface area contributed by atoms with Gasteiger partial charge in [0.2, 0.25) is 5.91 Å². The minimum absolute atomic E-state index is 0.0193. The molecule has 1 heterocycles. The number of amides is 1. The molecule has 1 aromatic rings. The molecule has 2 atom stereocenters. The predicted octanol–water partition coefficient (Wildman–Crippen LogP) is 1.13. The van der Waals surface area contributed by atoms with E-state index in [0.717, 1.165) is 12.2 Å². The van der Waals surface area contributed by atoms with E-state index in [1.807, 2.05) is 6.92 Å². The van der Waals surface area contributed by atoms with Gasteiger partial charge in [-0.3, -0.25) is 15.6 Å². The minimum Gasteiger partial charge on any atom is -0.495 e. The van der Waals surface area contributed by atoms with Crippen molar-refractivity contribution in [3.8, 4) is 5.75 Å². The molecule has 1 saturated heterocycles. The summed E-state index contributed by atoms with van der Waals surface area (Å²) < 4.78 is 5.24. The standard InChI is InChI=1S/C14H21ClN4O2/c1-9-12(8-17-19-9)18-14(20)5-6-16-11-7-10(15)3-4-13(11)21-2/h3-4,7,9,12,16-17,19H,5-6,8H2,1-2H3,(H,18,20). The zero-order valence-corrected chi connectivity index (χ0v) is 13.0. The molecule has 1 aliphatic heterocycles. The highest BCUT2D eigenvalue weighted by atomic mass is 35.5. The molecule has 6 nitrogen and oxygen atoms in total. The first-order valence-electron chi connectivity index (χ1n) is 6.95. The molecule has 1 fully saturated rings. The Balaban J connectivity index is 1.78. The predicted molar refractivity (Wildman–Crippen MR) is 83.6 cm³/mol. The van der Waals surface area contributed by atoms with Crippen LogP contribution in [-0.4, -0.2) is 38.2 Å². The Bertz CT molecular complexity index is 498. The summed E-state index contributed by atoms with van der Waals surface area (Å²) in [4.78, 5) is 11.9. The van der Waals surface area contributed by atoms with E-state index >= 15 is 0 Å². The first kappa shape index (κ1) is 15.9. The van der Waals surface area contributed by atoms with E-state index in [-0.39, 0.29) is 18.0 Å². The molecule has 0 radical (unpaired) electrons. The fraction of sp³-hybridized carbons (Fsp3) is 0.500. The van der Waals surface area contributed by atoms with Crippen molar-refractivity contribution in [2.24, 2.45) is 0 Å². The van der Waals surface area contributed by atoms with Gasteiger partial charge in [-0.25, -0.2) is 0 Å². The summed E-state index contributed by atoms with van der Waals surface area (Å²) in [6.45, 7) is 3.28. The topological polar surface area (TPSA) is 74.4 Å². The summed E-state index contributed by atoms with van der Waals surface area (Å²) in [7, 11) is 1.60. The number of anilines is 1. The van der Waals surface area contributed by atoms with Crippen LogP contribution >= 0.6 is 11.6 Å². The third-order valence-corrected chi connectivity index (χ3v) is 3.67. The van der Waals surface area contributed by atoms with Gasteiger partial charge in [-0.15, -0.1) is 0 Å². The van der Waals surface area contributed by atoms with E-state index in [4.69, 9.17) is 16.3 Å². The zero-order chi connectivity index (χ0) is 15.2. The lowest BCUT2D eigenvalue weighted by atomic mass is 10.1. The number of hydrogen-bond acceptors (Lipinski definition) is 5. The van der Waals surface area contributed by atoms with Crippen LogP contribution in [0.15, 0.2) is 18.2 Å². The Morgan fingerprint density at radius 3 is 3.00 bits per heavy atom. The second-order valence-corrected chi connectivity index (χ2v) is 5.45. The van der Waals surface area contributed by atoms with Gasteiger partial charge >= 0.3 is 0 Å². The van der Waals surface area contributed by atoms with Crippen LogP contribution in [0.3, 0.4) is 0 Å². The maximum atomic E-state index is 11.9. The summed E-state index contributed by atoms with van der Waals surface area (Å²) in [6, 6.07) is 5.70. The number of carbonyl (C=O) groups excluding carboxylic acids is 1. The Kier molecular flexibility index (Phi) is 5.67.